The molecule has 0 nitrogen and oxygen atoms in total. The summed E-state index contributed by atoms with van der Waals surface area (Å²) < 4.78 is 85.7. The fourth-order valence-corrected chi connectivity index (χ4v) is 6.02. The van der Waals surface area contributed by atoms with Gasteiger partial charge in [-0.1, -0.05) is 62.4 Å². The third-order valence-electron chi connectivity index (χ3n) is 7.86. The Morgan fingerprint density at radius 2 is 0.786 bits per heavy atom. The summed E-state index contributed by atoms with van der Waals surface area (Å²) in [7, 11) is 0. The summed E-state index contributed by atoms with van der Waals surface area (Å²) in [6.45, 7) is 3.85. The van der Waals surface area contributed by atoms with E-state index in [0.29, 0.717) is 24.0 Å². The molecule has 0 atom stereocenters. The quantitative estimate of drug-likeness (QED) is 0.143. The van der Waals surface area contributed by atoms with Crippen molar-refractivity contribution < 1.29 is 26.3 Å². The van der Waals surface area contributed by atoms with Gasteiger partial charge >= 0.3 is 0 Å². The average molecular weight is 571 g/mol. The van der Waals surface area contributed by atoms with Gasteiger partial charge < -0.3 is 0 Å². The van der Waals surface area contributed by atoms with Gasteiger partial charge in [0.1, 0.15) is 0 Å². The number of benzene rings is 6. The summed E-state index contributed by atoms with van der Waals surface area (Å²) in [5, 5.41) is 3.32. The lowest BCUT2D eigenvalue weighted by Crippen LogP contribution is -2.02. The smallest absolute Gasteiger partial charge is 0.194 e. The van der Waals surface area contributed by atoms with Crippen LogP contribution in [0.15, 0.2) is 84.9 Å². The van der Waals surface area contributed by atoms with Crippen molar-refractivity contribution in [3.8, 4) is 33.4 Å². The predicted molar refractivity (Wildman–Crippen MR) is 156 cm³/mol. The first kappa shape index (κ1) is 27.6. The van der Waals surface area contributed by atoms with E-state index in [0.717, 1.165) is 68.1 Å². The lowest BCUT2D eigenvalue weighted by molar-refractivity contribution is 0.447. The fraction of sp³-hybridized carbons (Fsp3) is 0.111. The van der Waals surface area contributed by atoms with Crippen molar-refractivity contribution in [2.24, 2.45) is 0 Å². The van der Waals surface area contributed by atoms with E-state index in [1.807, 2.05) is 74.5 Å². The Hall–Kier alpha value is -4.58. The summed E-state index contributed by atoms with van der Waals surface area (Å²) >= 11 is 0. The van der Waals surface area contributed by atoms with Crippen LogP contribution in [0.5, 0.6) is 0 Å². The molecule has 0 aliphatic carbocycles. The molecule has 0 aromatic heterocycles. The van der Waals surface area contributed by atoms with Crippen LogP contribution < -0.4 is 0 Å². The van der Waals surface area contributed by atoms with E-state index < -0.39 is 34.9 Å². The molecule has 0 heterocycles. The lowest BCUT2D eigenvalue weighted by atomic mass is 9.80. The molecule has 0 aliphatic rings. The van der Waals surface area contributed by atoms with Crippen LogP contribution in [0.2, 0.25) is 0 Å². The van der Waals surface area contributed by atoms with Gasteiger partial charge in [-0.15, -0.1) is 0 Å². The summed E-state index contributed by atoms with van der Waals surface area (Å²) in [5.41, 5.74) is 4.61. The number of halogens is 6. The molecule has 0 amide bonds. The zero-order valence-corrected chi connectivity index (χ0v) is 22.8. The third kappa shape index (κ3) is 4.42. The van der Waals surface area contributed by atoms with Gasteiger partial charge in [-0.3, -0.25) is 0 Å². The highest BCUT2D eigenvalue weighted by atomic mass is 19.2. The van der Waals surface area contributed by atoms with Crippen molar-refractivity contribution in [3.05, 3.63) is 131 Å². The number of rotatable bonds is 5. The minimum Gasteiger partial charge on any atom is -0.204 e. The van der Waals surface area contributed by atoms with E-state index in [1.165, 1.54) is 0 Å². The molecule has 0 aliphatic heterocycles. The number of hydrogen-bond acceptors (Lipinski definition) is 0. The molecule has 0 unspecified atom stereocenters. The first-order valence-electron chi connectivity index (χ1n) is 13.6. The molecule has 210 valence electrons. The molecule has 6 rings (SSSR count). The maximum absolute atomic E-state index is 14.5. The Balaban J connectivity index is 1.80. The minimum atomic E-state index is -1.54. The van der Waals surface area contributed by atoms with E-state index >= 15 is 0 Å². The first-order valence-corrected chi connectivity index (χ1v) is 13.6. The molecule has 0 N–H and O–H groups in total. The lowest BCUT2D eigenvalue weighted by Gasteiger charge is -2.24. The Morgan fingerprint density at radius 1 is 0.452 bits per heavy atom. The summed E-state index contributed by atoms with van der Waals surface area (Å²) in [6.07, 6.45) is 0.912. The fourth-order valence-electron chi connectivity index (χ4n) is 6.02. The van der Waals surface area contributed by atoms with Crippen LogP contribution in [0.1, 0.15) is 25.0 Å². The highest BCUT2D eigenvalue weighted by Crippen LogP contribution is 2.46. The van der Waals surface area contributed by atoms with Gasteiger partial charge in [0, 0.05) is 0 Å². The molecule has 0 radical (unpaired) electrons. The molecule has 42 heavy (non-hydrogen) atoms. The van der Waals surface area contributed by atoms with Crippen LogP contribution in [0.3, 0.4) is 0 Å². The van der Waals surface area contributed by atoms with E-state index in [-0.39, 0.29) is 11.1 Å². The average Bonchev–Trinajstić information content (AvgIpc) is 3.00. The van der Waals surface area contributed by atoms with Gasteiger partial charge in [0.15, 0.2) is 34.9 Å². The van der Waals surface area contributed by atoms with Gasteiger partial charge in [-0.25, -0.2) is 26.3 Å². The molecular formula is C36H24F6. The van der Waals surface area contributed by atoms with Crippen LogP contribution in [-0.4, -0.2) is 0 Å². The molecule has 0 bridgehead atoms. The Labute approximate surface area is 238 Å². The van der Waals surface area contributed by atoms with E-state index in [4.69, 9.17) is 0 Å². The van der Waals surface area contributed by atoms with Crippen LogP contribution in [-0.2, 0) is 12.8 Å². The van der Waals surface area contributed by atoms with E-state index in [1.54, 1.807) is 0 Å². The van der Waals surface area contributed by atoms with Crippen LogP contribution in [0.4, 0.5) is 26.3 Å². The van der Waals surface area contributed by atoms with Gasteiger partial charge in [-0.2, -0.15) is 0 Å². The largest absolute Gasteiger partial charge is 0.204 e. The van der Waals surface area contributed by atoms with Crippen LogP contribution >= 0.6 is 0 Å². The van der Waals surface area contributed by atoms with Crippen molar-refractivity contribution in [3.63, 3.8) is 0 Å². The second kappa shape index (κ2) is 10.7. The summed E-state index contributed by atoms with van der Waals surface area (Å²) in [5.74, 6) is -8.23. The Bertz CT molecular complexity index is 1830. The second-order valence-electron chi connectivity index (χ2n) is 10.2. The molecule has 0 saturated carbocycles. The topological polar surface area (TPSA) is 0 Å². The van der Waals surface area contributed by atoms with Gasteiger partial charge in [-0.05, 0) is 115 Å². The Morgan fingerprint density at radius 3 is 1.12 bits per heavy atom. The molecular weight excluding hydrogens is 546 g/mol. The SMILES string of the molecule is CCc1c(-c2cc(F)c(F)c(F)c2)cc2ccccc2c1-c1c(CC)c(-c2cc(F)c(F)c(F)c2)cc2ccccc12. The highest BCUT2D eigenvalue weighted by Gasteiger charge is 2.24. The van der Waals surface area contributed by atoms with Gasteiger partial charge in [0.2, 0.25) is 0 Å². The van der Waals surface area contributed by atoms with Gasteiger partial charge in [0.05, 0.1) is 0 Å². The molecule has 6 aromatic carbocycles. The molecule has 0 saturated heterocycles. The number of fused-ring (bicyclic) bond motifs is 2. The monoisotopic (exact) mass is 570 g/mol. The van der Waals surface area contributed by atoms with Crippen molar-refractivity contribution in [1.82, 2.24) is 0 Å². The first-order chi connectivity index (χ1) is 20.2. The zero-order chi connectivity index (χ0) is 29.7. The molecule has 6 aromatic rings. The minimum absolute atomic E-state index is 0.191. The second-order valence-corrected chi connectivity index (χ2v) is 10.2. The third-order valence-corrected chi connectivity index (χ3v) is 7.86. The normalized spacial score (nSPS) is 11.5. The van der Waals surface area contributed by atoms with Crippen molar-refractivity contribution in [1.29, 1.82) is 0 Å². The Kier molecular flexibility index (Phi) is 7.01. The van der Waals surface area contributed by atoms with Crippen LogP contribution in [0.25, 0.3) is 54.9 Å². The zero-order valence-electron chi connectivity index (χ0n) is 22.8. The van der Waals surface area contributed by atoms with E-state index in [9.17, 15) is 26.3 Å². The molecule has 0 spiro atoms. The van der Waals surface area contributed by atoms with Crippen LogP contribution in [0, 0.1) is 34.9 Å². The maximum Gasteiger partial charge on any atom is 0.194 e. The van der Waals surface area contributed by atoms with E-state index in [2.05, 4.69) is 0 Å². The summed E-state index contributed by atoms with van der Waals surface area (Å²) in [4.78, 5) is 0. The summed E-state index contributed by atoms with van der Waals surface area (Å²) in [6, 6.07) is 22.8. The molecule has 0 fully saturated rings. The standard InChI is InChI=1S/C36H24F6/c1-3-23-27(21-15-29(37)35(41)30(38)16-21)13-19-9-5-7-11-25(19)33(23)34-24(4-2)28(14-20-10-6-8-12-26(20)34)22-17-31(39)36(42)32(40)18-22/h5-18H,3-4H2,1-2H3. The predicted octanol–water partition coefficient (Wildman–Crippen LogP) is 11.0. The van der Waals surface area contributed by atoms with Crippen molar-refractivity contribution in [2.45, 2.75) is 26.7 Å². The van der Waals surface area contributed by atoms with Crippen molar-refractivity contribution >= 4 is 21.5 Å². The highest BCUT2D eigenvalue weighted by molar-refractivity contribution is 6.11. The van der Waals surface area contributed by atoms with Gasteiger partial charge in [0.25, 0.3) is 0 Å². The maximum atomic E-state index is 14.5. The van der Waals surface area contributed by atoms with Crippen molar-refractivity contribution in [2.75, 3.05) is 0 Å². The molecule has 6 heteroatoms. The number of hydrogen-bond donors (Lipinski definition) is 0.